The molecule has 3 aromatic heterocycles. The summed E-state index contributed by atoms with van der Waals surface area (Å²) in [5.74, 6) is 0. The van der Waals surface area contributed by atoms with Crippen LogP contribution in [0.25, 0.3) is 60.0 Å². The molecule has 1 aliphatic heterocycles. The van der Waals surface area contributed by atoms with E-state index in [1.807, 2.05) is 0 Å². The molecule has 0 radical (unpaired) electrons. The minimum atomic E-state index is -0.468. The molecule has 0 bridgehead atoms. The van der Waals surface area contributed by atoms with Gasteiger partial charge in [-0.05, 0) is 62.8 Å². The molecule has 7 aromatic rings. The van der Waals surface area contributed by atoms with Crippen molar-refractivity contribution in [1.29, 1.82) is 0 Å². The monoisotopic (exact) mass is 457 g/mol. The van der Waals surface area contributed by atoms with Crippen LogP contribution in [0.1, 0.15) is 27.7 Å². The van der Waals surface area contributed by atoms with Crippen molar-refractivity contribution in [2.24, 2.45) is 0 Å². The predicted octanol–water partition coefficient (Wildman–Crippen LogP) is 7.04. The summed E-state index contributed by atoms with van der Waals surface area (Å²) in [7, 11) is -0.468. The summed E-state index contributed by atoms with van der Waals surface area (Å²) in [6, 6.07) is 25.8. The summed E-state index contributed by atoms with van der Waals surface area (Å²) in [5, 5.41) is 7.08. The van der Waals surface area contributed by atoms with Crippen LogP contribution in [0.15, 0.2) is 77.2 Å². The third kappa shape index (κ3) is 2.31. The van der Waals surface area contributed by atoms with Gasteiger partial charge in [-0.25, -0.2) is 0 Å². The second kappa shape index (κ2) is 6.17. The van der Waals surface area contributed by atoms with E-state index in [1.54, 1.807) is 0 Å². The molecule has 1 aliphatic rings. The molecule has 35 heavy (non-hydrogen) atoms. The molecule has 5 heteroatoms. The lowest BCUT2D eigenvalue weighted by Gasteiger charge is -2.32. The molecule has 170 valence electrons. The van der Waals surface area contributed by atoms with Crippen molar-refractivity contribution in [1.82, 2.24) is 4.40 Å². The fourth-order valence-electron chi connectivity index (χ4n) is 6.02. The zero-order chi connectivity index (χ0) is 23.7. The second-order valence-electron chi connectivity index (χ2n) is 10.8. The number of fused-ring (bicyclic) bond motifs is 5. The average Bonchev–Trinajstić information content (AvgIpc) is 3.41. The summed E-state index contributed by atoms with van der Waals surface area (Å²) in [5.41, 5.74) is 5.53. The van der Waals surface area contributed by atoms with E-state index < -0.39 is 18.3 Å². The van der Waals surface area contributed by atoms with Crippen LogP contribution in [-0.2, 0) is 9.31 Å². The first-order valence-electron chi connectivity index (χ1n) is 12.2. The molecule has 1 fully saturated rings. The maximum atomic E-state index is 6.59. The van der Waals surface area contributed by atoms with Crippen LogP contribution in [-0.4, -0.2) is 22.7 Å². The van der Waals surface area contributed by atoms with Crippen LogP contribution >= 0.6 is 0 Å². The third-order valence-corrected chi connectivity index (χ3v) is 8.39. The zero-order valence-corrected chi connectivity index (χ0v) is 20.2. The lowest BCUT2D eigenvalue weighted by molar-refractivity contribution is 0.00578. The summed E-state index contributed by atoms with van der Waals surface area (Å²) >= 11 is 0. The molecule has 8 rings (SSSR count). The SMILES string of the molecule is CC1(C)OB(c2ccc3c4ccccc4n4c5cccc6oc7cccc(c2c34)c7c65)OC1(C)C. The zero-order valence-electron chi connectivity index (χ0n) is 20.2. The van der Waals surface area contributed by atoms with Gasteiger partial charge in [0.2, 0.25) is 0 Å². The van der Waals surface area contributed by atoms with Crippen LogP contribution in [0.4, 0.5) is 0 Å². The molecule has 4 aromatic carbocycles. The minimum Gasteiger partial charge on any atom is -0.456 e. The molecular weight excluding hydrogens is 433 g/mol. The van der Waals surface area contributed by atoms with Gasteiger partial charge in [0.25, 0.3) is 0 Å². The van der Waals surface area contributed by atoms with Crippen LogP contribution in [0.2, 0.25) is 0 Å². The third-order valence-electron chi connectivity index (χ3n) is 8.39. The van der Waals surface area contributed by atoms with E-state index in [0.717, 1.165) is 43.7 Å². The van der Waals surface area contributed by atoms with Crippen molar-refractivity contribution in [2.45, 2.75) is 38.9 Å². The van der Waals surface area contributed by atoms with E-state index in [-0.39, 0.29) is 0 Å². The van der Waals surface area contributed by atoms with Crippen molar-refractivity contribution in [3.8, 4) is 0 Å². The van der Waals surface area contributed by atoms with Gasteiger partial charge in [-0.15, -0.1) is 0 Å². The summed E-state index contributed by atoms with van der Waals surface area (Å²) < 4.78 is 22.0. The van der Waals surface area contributed by atoms with Gasteiger partial charge in [0.1, 0.15) is 11.2 Å². The summed E-state index contributed by atoms with van der Waals surface area (Å²) in [6.45, 7) is 8.43. The van der Waals surface area contributed by atoms with Gasteiger partial charge in [0.15, 0.2) is 0 Å². The standard InChI is InChI=1S/C30H24BNO3/c1-29(2)30(3,4)35-31(34-29)20-16-15-18-17-9-5-6-11-21(17)32-22-12-8-14-24-27(22)26-19(25(20)28(18)32)10-7-13-23(26)33-24/h5-16H,1-4H3. The Morgan fingerprint density at radius 3 is 2.06 bits per heavy atom. The quantitative estimate of drug-likeness (QED) is 0.248. The normalized spacial score (nSPS) is 17.9. The fourth-order valence-corrected chi connectivity index (χ4v) is 6.02. The van der Waals surface area contributed by atoms with Gasteiger partial charge >= 0.3 is 7.12 Å². The fraction of sp³-hybridized carbons (Fsp3) is 0.200. The van der Waals surface area contributed by atoms with Crippen molar-refractivity contribution in [3.63, 3.8) is 0 Å². The smallest absolute Gasteiger partial charge is 0.456 e. The van der Waals surface area contributed by atoms with Gasteiger partial charge in [0, 0.05) is 21.5 Å². The van der Waals surface area contributed by atoms with E-state index >= 15 is 0 Å². The maximum Gasteiger partial charge on any atom is 0.495 e. The topological polar surface area (TPSA) is 36.0 Å². The molecule has 0 unspecified atom stereocenters. The van der Waals surface area contributed by atoms with Gasteiger partial charge in [-0.2, -0.15) is 0 Å². The first-order valence-corrected chi connectivity index (χ1v) is 12.2. The van der Waals surface area contributed by atoms with Crippen molar-refractivity contribution in [3.05, 3.63) is 72.8 Å². The Kier molecular flexibility index (Phi) is 3.48. The van der Waals surface area contributed by atoms with E-state index in [0.29, 0.717) is 0 Å². The average molecular weight is 457 g/mol. The first-order chi connectivity index (χ1) is 16.9. The van der Waals surface area contributed by atoms with E-state index in [9.17, 15) is 0 Å². The van der Waals surface area contributed by atoms with Crippen LogP contribution in [0.5, 0.6) is 0 Å². The van der Waals surface area contributed by atoms with Gasteiger partial charge in [-0.3, -0.25) is 0 Å². The molecule has 0 spiro atoms. The Morgan fingerprint density at radius 1 is 0.600 bits per heavy atom. The number of hydrogen-bond donors (Lipinski definition) is 0. The Labute approximate surface area is 202 Å². The first kappa shape index (κ1) is 19.7. The number of hydrogen-bond acceptors (Lipinski definition) is 3. The highest BCUT2D eigenvalue weighted by molar-refractivity contribution is 6.66. The van der Waals surface area contributed by atoms with Gasteiger partial charge in [0.05, 0.1) is 33.1 Å². The molecule has 1 saturated heterocycles. The van der Waals surface area contributed by atoms with E-state index in [2.05, 4.69) is 105 Å². The maximum absolute atomic E-state index is 6.59. The number of para-hydroxylation sites is 1. The predicted molar refractivity (Wildman–Crippen MR) is 144 cm³/mol. The highest BCUT2D eigenvalue weighted by Gasteiger charge is 2.52. The highest BCUT2D eigenvalue weighted by atomic mass is 16.7. The highest BCUT2D eigenvalue weighted by Crippen LogP contribution is 2.44. The largest absolute Gasteiger partial charge is 0.495 e. The molecule has 0 N–H and O–H groups in total. The molecule has 0 saturated carbocycles. The summed E-state index contributed by atoms with van der Waals surface area (Å²) in [6.07, 6.45) is 0. The van der Waals surface area contributed by atoms with Crippen molar-refractivity contribution in [2.75, 3.05) is 0 Å². The number of benzene rings is 4. The van der Waals surface area contributed by atoms with Crippen molar-refractivity contribution < 1.29 is 13.7 Å². The number of nitrogens with zero attached hydrogens (tertiary/aromatic N) is 1. The lowest BCUT2D eigenvalue weighted by atomic mass is 9.75. The van der Waals surface area contributed by atoms with Crippen LogP contribution in [0, 0.1) is 0 Å². The summed E-state index contributed by atoms with van der Waals surface area (Å²) in [4.78, 5) is 0. The molecular formula is C30H24BNO3. The Bertz CT molecular complexity index is 1960. The minimum absolute atomic E-state index is 0.422. The lowest BCUT2D eigenvalue weighted by Crippen LogP contribution is -2.41. The molecule has 0 amide bonds. The second-order valence-corrected chi connectivity index (χ2v) is 10.8. The van der Waals surface area contributed by atoms with Crippen LogP contribution < -0.4 is 5.46 Å². The van der Waals surface area contributed by atoms with Gasteiger partial charge < -0.3 is 18.1 Å². The number of aromatic nitrogens is 1. The number of rotatable bonds is 1. The molecule has 0 atom stereocenters. The van der Waals surface area contributed by atoms with E-state index in [1.165, 1.54) is 21.8 Å². The molecule has 4 heterocycles. The van der Waals surface area contributed by atoms with E-state index in [4.69, 9.17) is 13.7 Å². The van der Waals surface area contributed by atoms with Gasteiger partial charge in [-0.1, -0.05) is 48.5 Å². The van der Waals surface area contributed by atoms with Crippen LogP contribution in [0.3, 0.4) is 0 Å². The Morgan fingerprint density at radius 2 is 1.26 bits per heavy atom. The van der Waals surface area contributed by atoms with Crippen molar-refractivity contribution >= 4 is 72.6 Å². The molecule has 0 aliphatic carbocycles. The molecule has 4 nitrogen and oxygen atoms in total. The Balaban J connectivity index is 1.69. The number of furan rings is 1. The Hall–Kier alpha value is -3.54.